The van der Waals surface area contributed by atoms with Crippen LogP contribution in [0.1, 0.15) is 65.2 Å². The number of allylic oxidation sites excluding steroid dienone is 1. The van der Waals surface area contributed by atoms with Crippen LogP contribution in [0.15, 0.2) is 42.2 Å². The highest BCUT2D eigenvalue weighted by atomic mass is 16.3. The zero-order valence-corrected chi connectivity index (χ0v) is 18.0. The predicted octanol–water partition coefficient (Wildman–Crippen LogP) is 4.48. The lowest BCUT2D eigenvalue weighted by molar-refractivity contribution is -0.684. The molecule has 5 rings (SSSR count). The van der Waals surface area contributed by atoms with E-state index in [1.807, 2.05) is 35.2 Å². The largest absolute Gasteiger partial charge is 0.393 e. The minimum atomic E-state index is -0.135. The normalized spacial score (nSPS) is 43.7. The third kappa shape index (κ3) is 3.03. The Labute approximate surface area is 175 Å². The molecule has 156 valence electrons. The summed E-state index contributed by atoms with van der Waals surface area (Å²) in [5, 5.41) is 10.2. The summed E-state index contributed by atoms with van der Waals surface area (Å²) in [4.78, 5) is 13.3. The summed E-state index contributed by atoms with van der Waals surface area (Å²) in [6.07, 6.45) is 15.3. The topological polar surface area (TPSA) is 41.2 Å². The van der Waals surface area contributed by atoms with Crippen molar-refractivity contribution >= 4 is 5.78 Å². The minimum Gasteiger partial charge on any atom is -0.393 e. The molecule has 0 bridgehead atoms. The molecule has 0 spiro atoms. The molecule has 7 atom stereocenters. The van der Waals surface area contributed by atoms with Crippen molar-refractivity contribution in [1.29, 1.82) is 0 Å². The van der Waals surface area contributed by atoms with Gasteiger partial charge in [0, 0.05) is 18.1 Å². The second-order valence-electron chi connectivity index (χ2n) is 10.8. The van der Waals surface area contributed by atoms with Gasteiger partial charge in [-0.15, -0.1) is 0 Å². The summed E-state index contributed by atoms with van der Waals surface area (Å²) in [6.45, 7) is 5.43. The fourth-order valence-corrected chi connectivity index (χ4v) is 8.00. The number of Topliss-reactive ketones (excluding diaryl/α,β-unsaturated/α-hetero) is 1. The molecule has 0 aliphatic heterocycles. The van der Waals surface area contributed by atoms with Crippen LogP contribution in [0.2, 0.25) is 0 Å². The van der Waals surface area contributed by atoms with Gasteiger partial charge in [0.15, 0.2) is 12.4 Å². The Hall–Kier alpha value is -1.48. The molecule has 0 amide bonds. The third-order valence-corrected chi connectivity index (χ3v) is 9.58. The first-order chi connectivity index (χ1) is 13.9. The number of ketones is 1. The number of hydrogen-bond donors (Lipinski definition) is 1. The number of aromatic nitrogens is 1. The molecular weight excluding hydrogens is 358 g/mol. The summed E-state index contributed by atoms with van der Waals surface area (Å²) in [6, 6.07) is 6.02. The van der Waals surface area contributed by atoms with Crippen molar-refractivity contribution in [1.82, 2.24) is 0 Å². The summed E-state index contributed by atoms with van der Waals surface area (Å²) < 4.78 is 2.04. The highest BCUT2D eigenvalue weighted by molar-refractivity contribution is 5.81. The number of rotatable bonds is 3. The highest BCUT2D eigenvalue weighted by Gasteiger charge is 2.59. The summed E-state index contributed by atoms with van der Waals surface area (Å²) in [5.74, 6) is 2.79. The first kappa shape index (κ1) is 19.5. The molecule has 4 aliphatic rings. The second kappa shape index (κ2) is 7.04. The Morgan fingerprint density at radius 1 is 1.07 bits per heavy atom. The van der Waals surface area contributed by atoms with Crippen LogP contribution in [0.25, 0.3) is 0 Å². The van der Waals surface area contributed by atoms with Gasteiger partial charge in [-0.05, 0) is 80.0 Å². The molecule has 29 heavy (non-hydrogen) atoms. The fraction of sp³-hybridized carbons (Fsp3) is 0.692. The van der Waals surface area contributed by atoms with Gasteiger partial charge in [0.25, 0.3) is 0 Å². The van der Waals surface area contributed by atoms with Gasteiger partial charge >= 0.3 is 0 Å². The number of carbonyl (C=O) groups excluding carboxylic acids is 1. The molecule has 3 heteroatoms. The second-order valence-corrected chi connectivity index (χ2v) is 10.8. The van der Waals surface area contributed by atoms with Crippen molar-refractivity contribution in [3.05, 3.63) is 42.2 Å². The number of pyridine rings is 1. The van der Waals surface area contributed by atoms with Gasteiger partial charge in [-0.3, -0.25) is 4.79 Å². The van der Waals surface area contributed by atoms with Crippen molar-refractivity contribution < 1.29 is 14.5 Å². The van der Waals surface area contributed by atoms with E-state index in [-0.39, 0.29) is 22.9 Å². The van der Waals surface area contributed by atoms with Gasteiger partial charge in [0.1, 0.15) is 0 Å². The molecule has 0 aromatic carbocycles. The standard InChI is InChI=1S/C26H36NO2/c1-25-12-10-19(28)16-18(25)6-7-20-21-8-9-23(26(21,2)13-11-22(20)25)24(29)17-27-14-4-3-5-15-27/h3-6,14-15,19-23,28H,7-13,16-17H2,1-2H3/q+1/t19-,20+,21-,22+,23+,25-,26-/m0/s1. The predicted molar refractivity (Wildman–Crippen MR) is 113 cm³/mol. The number of carbonyl (C=O) groups is 1. The lowest BCUT2D eigenvalue weighted by Gasteiger charge is -2.57. The van der Waals surface area contributed by atoms with E-state index in [1.54, 1.807) is 0 Å². The van der Waals surface area contributed by atoms with Gasteiger partial charge in [0.2, 0.25) is 12.3 Å². The maximum atomic E-state index is 13.3. The van der Waals surface area contributed by atoms with Crippen LogP contribution >= 0.6 is 0 Å². The molecule has 0 unspecified atom stereocenters. The molecule has 1 aromatic heterocycles. The van der Waals surface area contributed by atoms with E-state index in [9.17, 15) is 9.90 Å². The molecule has 0 radical (unpaired) electrons. The van der Waals surface area contributed by atoms with Crippen LogP contribution in [0.4, 0.5) is 0 Å². The molecule has 4 aliphatic carbocycles. The average Bonchev–Trinajstić information content (AvgIpc) is 3.06. The van der Waals surface area contributed by atoms with Gasteiger partial charge in [0.05, 0.1) is 6.10 Å². The lowest BCUT2D eigenvalue weighted by Crippen LogP contribution is -2.51. The molecule has 0 saturated heterocycles. The van der Waals surface area contributed by atoms with E-state index < -0.39 is 0 Å². The lowest BCUT2D eigenvalue weighted by atomic mass is 9.47. The molecule has 3 nitrogen and oxygen atoms in total. The van der Waals surface area contributed by atoms with Crippen LogP contribution in [-0.4, -0.2) is 17.0 Å². The van der Waals surface area contributed by atoms with Crippen molar-refractivity contribution in [2.45, 2.75) is 77.9 Å². The minimum absolute atomic E-state index is 0.135. The third-order valence-electron chi connectivity index (χ3n) is 9.58. The number of fused-ring (bicyclic) bond motifs is 5. The monoisotopic (exact) mass is 394 g/mol. The van der Waals surface area contributed by atoms with Gasteiger partial charge in [-0.25, -0.2) is 0 Å². The average molecular weight is 395 g/mol. The fourth-order valence-electron chi connectivity index (χ4n) is 8.00. The Morgan fingerprint density at radius 3 is 2.66 bits per heavy atom. The number of hydrogen-bond acceptors (Lipinski definition) is 2. The van der Waals surface area contributed by atoms with Crippen molar-refractivity contribution in [3.8, 4) is 0 Å². The van der Waals surface area contributed by atoms with E-state index in [0.29, 0.717) is 18.2 Å². The Kier molecular flexibility index (Phi) is 4.73. The van der Waals surface area contributed by atoms with E-state index in [0.717, 1.165) is 43.9 Å². The molecule has 1 N–H and O–H groups in total. The van der Waals surface area contributed by atoms with Crippen LogP contribution in [-0.2, 0) is 11.3 Å². The van der Waals surface area contributed by atoms with E-state index in [1.165, 1.54) is 24.8 Å². The first-order valence-electron chi connectivity index (χ1n) is 11.8. The van der Waals surface area contributed by atoms with Gasteiger partial charge in [-0.2, -0.15) is 4.57 Å². The number of aliphatic hydroxyl groups excluding tert-OH is 1. The SMILES string of the molecule is C[C@]12CC[C@@H]3[C@H](CC=C4C[C@@H](O)CC[C@@]43C)[C@@H]1CC[C@@H]2C(=O)C[n+]1ccccc1. The van der Waals surface area contributed by atoms with E-state index >= 15 is 0 Å². The smallest absolute Gasteiger partial charge is 0.206 e. The molecule has 3 saturated carbocycles. The van der Waals surface area contributed by atoms with Crippen LogP contribution in [0.3, 0.4) is 0 Å². The van der Waals surface area contributed by atoms with Gasteiger partial charge in [-0.1, -0.05) is 31.6 Å². The maximum absolute atomic E-state index is 13.3. The van der Waals surface area contributed by atoms with Crippen molar-refractivity contribution in [2.75, 3.05) is 0 Å². The highest BCUT2D eigenvalue weighted by Crippen LogP contribution is 2.66. The quantitative estimate of drug-likeness (QED) is 0.606. The van der Waals surface area contributed by atoms with Gasteiger partial charge < -0.3 is 5.11 Å². The molecule has 1 heterocycles. The Balaban J connectivity index is 1.38. The molecular formula is C26H36NO2+. The molecule has 1 aromatic rings. The molecule has 3 fully saturated rings. The zero-order chi connectivity index (χ0) is 20.2. The summed E-state index contributed by atoms with van der Waals surface area (Å²) in [7, 11) is 0. The Morgan fingerprint density at radius 2 is 1.86 bits per heavy atom. The van der Waals surface area contributed by atoms with Crippen LogP contribution in [0.5, 0.6) is 0 Å². The van der Waals surface area contributed by atoms with Crippen molar-refractivity contribution in [3.63, 3.8) is 0 Å². The van der Waals surface area contributed by atoms with Crippen LogP contribution < -0.4 is 4.57 Å². The summed E-state index contributed by atoms with van der Waals surface area (Å²) in [5.41, 5.74) is 1.99. The van der Waals surface area contributed by atoms with E-state index in [2.05, 4.69) is 19.9 Å². The zero-order valence-electron chi connectivity index (χ0n) is 18.0. The van der Waals surface area contributed by atoms with Crippen LogP contribution in [0, 0.1) is 34.5 Å². The van der Waals surface area contributed by atoms with E-state index in [4.69, 9.17) is 0 Å². The first-order valence-corrected chi connectivity index (χ1v) is 11.8. The number of aliphatic hydroxyl groups is 1. The summed E-state index contributed by atoms with van der Waals surface area (Å²) >= 11 is 0. The number of nitrogens with zero attached hydrogens (tertiary/aromatic N) is 1. The Bertz CT molecular complexity index is 817. The maximum Gasteiger partial charge on any atom is 0.206 e. The van der Waals surface area contributed by atoms with Crippen molar-refractivity contribution in [2.24, 2.45) is 34.5 Å².